The minimum absolute atomic E-state index is 0.109. The van der Waals surface area contributed by atoms with Crippen molar-refractivity contribution < 1.29 is 9.18 Å². The van der Waals surface area contributed by atoms with Crippen molar-refractivity contribution in [1.29, 1.82) is 10.5 Å². The number of Topliss-reactive ketones (excluding diaryl/α,β-unsaturated/α-hetero) is 1. The van der Waals surface area contributed by atoms with Crippen molar-refractivity contribution in [3.63, 3.8) is 0 Å². The second-order valence-corrected chi connectivity index (χ2v) is 13.0. The third-order valence-electron chi connectivity index (χ3n) is 10.1. The van der Waals surface area contributed by atoms with Gasteiger partial charge in [0.15, 0.2) is 11.2 Å². The van der Waals surface area contributed by atoms with Crippen LogP contribution in [0.15, 0.2) is 53.1 Å². The highest BCUT2D eigenvalue weighted by molar-refractivity contribution is 9.10. The molecule has 0 amide bonds. The van der Waals surface area contributed by atoms with Crippen molar-refractivity contribution in [2.75, 3.05) is 0 Å². The summed E-state index contributed by atoms with van der Waals surface area (Å²) in [5.74, 6) is 0.426. The molecule has 37 heavy (non-hydrogen) atoms. The maximum absolute atomic E-state index is 15.6. The molecule has 4 aliphatic carbocycles. The summed E-state index contributed by atoms with van der Waals surface area (Å²) in [5.41, 5.74) is -0.0492. The summed E-state index contributed by atoms with van der Waals surface area (Å²) in [4.78, 5) is 16.9. The van der Waals surface area contributed by atoms with Crippen molar-refractivity contribution in [1.82, 2.24) is 4.90 Å². The molecule has 2 aromatic carbocycles. The predicted octanol–water partition coefficient (Wildman–Crippen LogP) is 6.90. The molecule has 5 fully saturated rings. The SMILES string of the molecule is N#CC1(C#N)[C@@H]2c3ccccc3C=CN2[C@@H](C(=O)C23CC4CC(CC(C4)C2)C3)[C@@H]1c1cc(Br)ccc1F. The number of hydrogen-bond acceptors (Lipinski definition) is 4. The van der Waals surface area contributed by atoms with Crippen LogP contribution in [0.1, 0.15) is 67.2 Å². The van der Waals surface area contributed by atoms with Gasteiger partial charge in [-0.05, 0) is 97.2 Å². The van der Waals surface area contributed by atoms with Crippen LogP contribution in [0.3, 0.4) is 0 Å². The van der Waals surface area contributed by atoms with Gasteiger partial charge in [-0.3, -0.25) is 4.79 Å². The van der Waals surface area contributed by atoms with Crippen molar-refractivity contribution in [2.45, 2.75) is 56.5 Å². The lowest BCUT2D eigenvalue weighted by Gasteiger charge is -2.57. The Morgan fingerprint density at radius 3 is 2.27 bits per heavy atom. The van der Waals surface area contributed by atoms with Gasteiger partial charge in [0.05, 0.1) is 24.2 Å². The molecule has 0 N–H and O–H groups in total. The van der Waals surface area contributed by atoms with Gasteiger partial charge in [0, 0.05) is 22.0 Å². The molecule has 0 radical (unpaired) electrons. The Balaban J connectivity index is 1.45. The van der Waals surface area contributed by atoms with E-state index in [0.717, 1.165) is 30.4 Å². The van der Waals surface area contributed by atoms with E-state index in [1.807, 2.05) is 41.4 Å². The molecule has 4 bridgehead atoms. The summed E-state index contributed by atoms with van der Waals surface area (Å²) >= 11 is 3.47. The Kier molecular flexibility index (Phi) is 5.02. The van der Waals surface area contributed by atoms with E-state index >= 15 is 4.39 Å². The van der Waals surface area contributed by atoms with Gasteiger partial charge in [-0.2, -0.15) is 10.5 Å². The zero-order valence-electron chi connectivity index (χ0n) is 20.4. The third kappa shape index (κ3) is 3.12. The quantitative estimate of drug-likeness (QED) is 0.413. The highest BCUT2D eigenvalue weighted by Gasteiger charge is 2.67. The molecular weight excluding hydrogens is 529 g/mol. The summed E-state index contributed by atoms with van der Waals surface area (Å²) in [6, 6.07) is 15.6. The minimum Gasteiger partial charge on any atom is -0.357 e. The maximum atomic E-state index is 15.6. The minimum atomic E-state index is -1.63. The number of fused-ring (bicyclic) bond motifs is 3. The van der Waals surface area contributed by atoms with Crippen LogP contribution in [0, 0.1) is 57.1 Å². The van der Waals surface area contributed by atoms with E-state index in [-0.39, 0.29) is 11.3 Å². The molecule has 4 saturated carbocycles. The molecule has 6 heteroatoms. The Hall–Kier alpha value is -2.96. The van der Waals surface area contributed by atoms with Gasteiger partial charge in [-0.25, -0.2) is 4.39 Å². The van der Waals surface area contributed by atoms with Crippen molar-refractivity contribution in [2.24, 2.45) is 28.6 Å². The van der Waals surface area contributed by atoms with Crippen molar-refractivity contribution in [3.05, 3.63) is 75.6 Å². The van der Waals surface area contributed by atoms with Gasteiger partial charge < -0.3 is 4.90 Å². The first-order valence-electron chi connectivity index (χ1n) is 13.3. The van der Waals surface area contributed by atoms with Gasteiger partial charge in [-0.15, -0.1) is 0 Å². The van der Waals surface area contributed by atoms with Gasteiger partial charge in [0.25, 0.3) is 0 Å². The van der Waals surface area contributed by atoms with E-state index in [1.54, 1.807) is 12.1 Å². The van der Waals surface area contributed by atoms with Gasteiger partial charge in [0.1, 0.15) is 5.82 Å². The van der Waals surface area contributed by atoms with E-state index in [1.165, 1.54) is 25.3 Å². The van der Waals surface area contributed by atoms with Crippen LogP contribution in [0.2, 0.25) is 0 Å². The summed E-state index contributed by atoms with van der Waals surface area (Å²) in [7, 11) is 0. The number of hydrogen-bond donors (Lipinski definition) is 0. The number of ketones is 1. The van der Waals surface area contributed by atoms with Crippen LogP contribution in [0.4, 0.5) is 4.39 Å². The fraction of sp³-hybridized carbons (Fsp3) is 0.452. The molecule has 2 aromatic rings. The molecule has 6 aliphatic rings. The zero-order valence-corrected chi connectivity index (χ0v) is 22.0. The first-order chi connectivity index (χ1) is 17.9. The van der Waals surface area contributed by atoms with Crippen molar-refractivity contribution in [3.8, 4) is 12.1 Å². The highest BCUT2D eigenvalue weighted by atomic mass is 79.9. The molecule has 0 unspecified atom stereocenters. The molecule has 2 heterocycles. The van der Waals surface area contributed by atoms with Gasteiger partial charge in [-0.1, -0.05) is 40.2 Å². The summed E-state index contributed by atoms with van der Waals surface area (Å²) in [6.07, 6.45) is 10.1. The van der Waals surface area contributed by atoms with E-state index < -0.39 is 34.6 Å². The molecule has 0 aromatic heterocycles. The standard InChI is InChI=1S/C31H27BrFN3O/c32-22-5-6-25(33)24(12-22)26-27(29(37)30-13-18-9-19(14-30)11-20(10-18)15-30)36-8-7-21-3-1-2-4-23(21)28(36)31(26,16-34)17-35/h1-8,12,18-20,26-28H,9-11,13-15H2/t18?,19?,20?,26-,27+,28-,30?/m0/s1. The lowest BCUT2D eigenvalue weighted by Crippen LogP contribution is -2.55. The lowest BCUT2D eigenvalue weighted by atomic mass is 9.47. The number of halogens is 2. The normalized spacial score (nSPS) is 35.9. The monoisotopic (exact) mass is 555 g/mol. The summed E-state index contributed by atoms with van der Waals surface area (Å²) in [6.45, 7) is 0. The molecule has 0 spiro atoms. The summed E-state index contributed by atoms with van der Waals surface area (Å²) < 4.78 is 16.3. The molecular formula is C31H27BrFN3O. The molecule has 8 rings (SSSR count). The number of rotatable bonds is 3. The Morgan fingerprint density at radius 1 is 0.973 bits per heavy atom. The Labute approximate surface area is 224 Å². The smallest absolute Gasteiger partial charge is 0.177 e. The van der Waals surface area contributed by atoms with Crippen LogP contribution in [-0.2, 0) is 4.79 Å². The number of carbonyl (C=O) groups excluding carboxylic acids is 1. The predicted molar refractivity (Wildman–Crippen MR) is 140 cm³/mol. The van der Waals surface area contributed by atoms with Crippen molar-refractivity contribution >= 4 is 27.8 Å². The fourth-order valence-electron chi connectivity index (χ4n) is 9.12. The Morgan fingerprint density at radius 2 is 1.62 bits per heavy atom. The highest BCUT2D eigenvalue weighted by Crippen LogP contribution is 2.65. The van der Waals surface area contributed by atoms with Crippen LogP contribution in [-0.4, -0.2) is 16.7 Å². The average Bonchev–Trinajstić information content (AvgIpc) is 3.19. The van der Waals surface area contributed by atoms with Crippen LogP contribution in [0.5, 0.6) is 0 Å². The molecule has 3 atom stereocenters. The second-order valence-electron chi connectivity index (χ2n) is 12.0. The van der Waals surface area contributed by atoms with E-state index in [4.69, 9.17) is 0 Å². The third-order valence-corrected chi connectivity index (χ3v) is 10.6. The number of nitrogens with zero attached hydrogens (tertiary/aromatic N) is 3. The zero-order chi connectivity index (χ0) is 25.5. The average molecular weight is 556 g/mol. The maximum Gasteiger partial charge on any atom is 0.177 e. The van der Waals surface area contributed by atoms with Gasteiger partial charge in [0.2, 0.25) is 0 Å². The molecule has 1 saturated heterocycles. The van der Waals surface area contributed by atoms with E-state index in [2.05, 4.69) is 28.1 Å². The van der Waals surface area contributed by atoms with E-state index in [9.17, 15) is 15.3 Å². The largest absolute Gasteiger partial charge is 0.357 e. The summed E-state index contributed by atoms with van der Waals surface area (Å²) in [5, 5.41) is 21.5. The first kappa shape index (κ1) is 23.2. The number of nitriles is 2. The van der Waals surface area contributed by atoms with Crippen LogP contribution in [0.25, 0.3) is 6.08 Å². The topological polar surface area (TPSA) is 67.9 Å². The van der Waals surface area contributed by atoms with Crippen LogP contribution >= 0.6 is 15.9 Å². The Bertz CT molecular complexity index is 1390. The number of benzene rings is 2. The number of carbonyl (C=O) groups is 1. The van der Waals surface area contributed by atoms with Gasteiger partial charge >= 0.3 is 0 Å². The molecule has 4 nitrogen and oxygen atoms in total. The lowest BCUT2D eigenvalue weighted by molar-refractivity contribution is -0.148. The second kappa shape index (κ2) is 8.02. The fourth-order valence-corrected chi connectivity index (χ4v) is 9.50. The van der Waals surface area contributed by atoms with Crippen LogP contribution < -0.4 is 0 Å². The first-order valence-corrected chi connectivity index (χ1v) is 14.0. The molecule has 186 valence electrons. The molecule has 2 aliphatic heterocycles. The van der Waals surface area contributed by atoms with E-state index in [0.29, 0.717) is 22.2 Å².